The second kappa shape index (κ2) is 11.4. The molecule has 6 rings (SSSR count). The summed E-state index contributed by atoms with van der Waals surface area (Å²) in [4.78, 5) is 53.2. The monoisotopic (exact) mass is 689 g/mol. The first kappa shape index (κ1) is 30.4. The molecule has 7 nitrogen and oxygen atoms in total. The van der Waals surface area contributed by atoms with Gasteiger partial charge >= 0.3 is 0 Å². The number of carbonyl (C=O) groups excluding carboxylic acids is 4. The number of anilines is 3. The molecule has 0 saturated heterocycles. The van der Waals surface area contributed by atoms with Gasteiger partial charge in [0.2, 0.25) is 5.91 Å². The second-order valence-corrected chi connectivity index (χ2v) is 12.9. The molecule has 2 aliphatic rings. The summed E-state index contributed by atoms with van der Waals surface area (Å²) in [5.74, 6) is -4.22. The van der Waals surface area contributed by atoms with Gasteiger partial charge in [-0.2, -0.15) is 0 Å². The standard InChI is InChI=1S/C31H17Cl5FN3O4/c32-15-9-14(10-16(33)11-15)25-26(31(25,35)36)28(42)39-19-4-8-24(34)23(13-19)27(41)38-18-3-7-21-22(12-18)30(44)40(29(21)43)20-5-1-17(37)2-6-20/h1-13,25-26H,(H,38,41)(H,39,42). The minimum atomic E-state index is -1.40. The van der Waals surface area contributed by atoms with Gasteiger partial charge in [0, 0.05) is 27.3 Å². The molecule has 1 fully saturated rings. The number of amides is 4. The lowest BCUT2D eigenvalue weighted by Gasteiger charge is -2.13. The fraction of sp³-hybridized carbons (Fsp3) is 0.0968. The predicted octanol–water partition coefficient (Wildman–Crippen LogP) is 8.36. The number of fused-ring (bicyclic) bond motifs is 1. The quantitative estimate of drug-likeness (QED) is 0.157. The van der Waals surface area contributed by atoms with Crippen LogP contribution < -0.4 is 15.5 Å². The summed E-state index contributed by atoms with van der Waals surface area (Å²) < 4.78 is 12.0. The van der Waals surface area contributed by atoms with E-state index < -0.39 is 45.6 Å². The third-order valence-corrected chi connectivity index (χ3v) is 8.99. The van der Waals surface area contributed by atoms with Crippen LogP contribution in [-0.4, -0.2) is 28.0 Å². The highest BCUT2D eigenvalue weighted by molar-refractivity contribution is 6.53. The molecule has 4 aromatic carbocycles. The Morgan fingerprint density at radius 3 is 2.05 bits per heavy atom. The molecule has 4 aromatic rings. The molecule has 0 bridgehead atoms. The Labute approximate surface area is 274 Å². The van der Waals surface area contributed by atoms with Crippen molar-refractivity contribution in [2.45, 2.75) is 10.3 Å². The molecular weight excluding hydrogens is 675 g/mol. The van der Waals surface area contributed by atoms with Gasteiger partial charge in [-0.3, -0.25) is 19.2 Å². The average molecular weight is 692 g/mol. The Hall–Kier alpha value is -3.66. The highest BCUT2D eigenvalue weighted by Crippen LogP contribution is 2.65. The summed E-state index contributed by atoms with van der Waals surface area (Å²) in [5.41, 5.74) is 1.52. The zero-order valence-corrected chi connectivity index (χ0v) is 25.8. The maximum absolute atomic E-state index is 13.4. The van der Waals surface area contributed by atoms with E-state index in [1.165, 1.54) is 48.5 Å². The van der Waals surface area contributed by atoms with E-state index in [-0.39, 0.29) is 38.8 Å². The normalized spacial score (nSPS) is 18.2. The molecule has 2 N–H and O–H groups in total. The van der Waals surface area contributed by atoms with Crippen LogP contribution in [0.1, 0.15) is 42.6 Å². The Bertz CT molecular complexity index is 1880. The number of carbonyl (C=O) groups is 4. The number of halogens is 6. The van der Waals surface area contributed by atoms with E-state index in [4.69, 9.17) is 58.0 Å². The van der Waals surface area contributed by atoms with E-state index in [9.17, 15) is 23.6 Å². The first-order chi connectivity index (χ1) is 20.8. The second-order valence-electron chi connectivity index (χ2n) is 10.2. The molecule has 222 valence electrons. The smallest absolute Gasteiger partial charge is 0.266 e. The Morgan fingerprint density at radius 1 is 0.750 bits per heavy atom. The Morgan fingerprint density at radius 2 is 1.36 bits per heavy atom. The van der Waals surface area contributed by atoms with E-state index >= 15 is 0 Å². The molecule has 0 aromatic heterocycles. The largest absolute Gasteiger partial charge is 0.326 e. The molecule has 1 saturated carbocycles. The number of rotatable bonds is 6. The first-order valence-corrected chi connectivity index (χ1v) is 14.8. The lowest BCUT2D eigenvalue weighted by atomic mass is 10.1. The maximum Gasteiger partial charge on any atom is 0.266 e. The first-order valence-electron chi connectivity index (χ1n) is 12.9. The van der Waals surface area contributed by atoms with Crippen molar-refractivity contribution >= 4 is 98.7 Å². The average Bonchev–Trinajstić information content (AvgIpc) is 3.47. The van der Waals surface area contributed by atoms with Gasteiger partial charge in [0.1, 0.15) is 10.2 Å². The maximum atomic E-state index is 13.4. The van der Waals surface area contributed by atoms with Crippen LogP contribution in [-0.2, 0) is 4.79 Å². The SMILES string of the molecule is O=C(Nc1ccc2c(c1)C(=O)N(c1ccc(F)cc1)C2=O)c1cc(NC(=O)C2C(c3cc(Cl)cc(Cl)c3)C2(Cl)Cl)ccc1Cl. The van der Waals surface area contributed by atoms with Crippen molar-refractivity contribution in [3.8, 4) is 0 Å². The van der Waals surface area contributed by atoms with Crippen LogP contribution in [0.5, 0.6) is 0 Å². The highest BCUT2D eigenvalue weighted by atomic mass is 35.5. The number of imide groups is 1. The zero-order valence-electron chi connectivity index (χ0n) is 22.0. The molecule has 1 aliphatic heterocycles. The van der Waals surface area contributed by atoms with E-state index in [2.05, 4.69) is 10.6 Å². The van der Waals surface area contributed by atoms with Crippen molar-refractivity contribution < 1.29 is 23.6 Å². The molecular formula is C31H17Cl5FN3O4. The van der Waals surface area contributed by atoms with Crippen LogP contribution in [0.2, 0.25) is 15.1 Å². The van der Waals surface area contributed by atoms with Gasteiger partial charge in [0.25, 0.3) is 17.7 Å². The van der Waals surface area contributed by atoms with Crippen molar-refractivity contribution in [3.05, 3.63) is 122 Å². The van der Waals surface area contributed by atoms with Gasteiger partial charge in [-0.05, 0) is 84.4 Å². The van der Waals surface area contributed by atoms with Gasteiger partial charge in [0.05, 0.1) is 33.3 Å². The molecule has 0 spiro atoms. The predicted molar refractivity (Wildman–Crippen MR) is 169 cm³/mol. The van der Waals surface area contributed by atoms with Gasteiger partial charge in [-0.15, -0.1) is 23.2 Å². The van der Waals surface area contributed by atoms with E-state index in [1.807, 2.05) is 0 Å². The van der Waals surface area contributed by atoms with Gasteiger partial charge < -0.3 is 10.6 Å². The third-order valence-electron chi connectivity index (χ3n) is 7.29. The molecule has 1 heterocycles. The Kier molecular flexibility index (Phi) is 7.84. The van der Waals surface area contributed by atoms with E-state index in [0.29, 0.717) is 15.6 Å². The summed E-state index contributed by atoms with van der Waals surface area (Å²) in [7, 11) is 0. The summed E-state index contributed by atoms with van der Waals surface area (Å²) >= 11 is 31.4. The van der Waals surface area contributed by atoms with Crippen LogP contribution in [0.4, 0.5) is 21.5 Å². The topological polar surface area (TPSA) is 95.6 Å². The van der Waals surface area contributed by atoms with Crippen molar-refractivity contribution in [1.82, 2.24) is 0 Å². The minimum absolute atomic E-state index is 0.0253. The zero-order chi connectivity index (χ0) is 31.5. The molecule has 4 amide bonds. The number of benzene rings is 4. The van der Waals surface area contributed by atoms with Crippen molar-refractivity contribution in [2.75, 3.05) is 15.5 Å². The number of hydrogen-bond donors (Lipinski definition) is 2. The lowest BCUT2D eigenvalue weighted by molar-refractivity contribution is -0.117. The van der Waals surface area contributed by atoms with E-state index in [0.717, 1.165) is 17.0 Å². The van der Waals surface area contributed by atoms with Crippen LogP contribution in [0.3, 0.4) is 0 Å². The van der Waals surface area contributed by atoms with Gasteiger partial charge in [-0.1, -0.05) is 34.8 Å². The summed E-state index contributed by atoms with van der Waals surface area (Å²) in [5, 5.41) is 6.22. The fourth-order valence-corrected chi connectivity index (χ4v) is 6.74. The van der Waals surface area contributed by atoms with Crippen LogP contribution in [0.25, 0.3) is 0 Å². The molecule has 13 heteroatoms. The summed E-state index contributed by atoms with van der Waals surface area (Å²) in [6, 6.07) is 18.3. The van der Waals surface area contributed by atoms with Gasteiger partial charge in [-0.25, -0.2) is 9.29 Å². The molecule has 44 heavy (non-hydrogen) atoms. The molecule has 2 unspecified atom stereocenters. The molecule has 1 aliphatic carbocycles. The van der Waals surface area contributed by atoms with Crippen molar-refractivity contribution in [2.24, 2.45) is 5.92 Å². The lowest BCUT2D eigenvalue weighted by Crippen LogP contribution is -2.29. The highest BCUT2D eigenvalue weighted by Gasteiger charge is 2.67. The number of nitrogens with one attached hydrogen (secondary N) is 2. The number of nitrogens with zero attached hydrogens (tertiary/aromatic N) is 1. The third kappa shape index (κ3) is 5.53. The van der Waals surface area contributed by atoms with Crippen LogP contribution >= 0.6 is 58.0 Å². The molecule has 0 radical (unpaired) electrons. The van der Waals surface area contributed by atoms with E-state index in [1.54, 1.807) is 18.2 Å². The van der Waals surface area contributed by atoms with Crippen LogP contribution in [0, 0.1) is 11.7 Å². The van der Waals surface area contributed by atoms with Crippen molar-refractivity contribution in [3.63, 3.8) is 0 Å². The van der Waals surface area contributed by atoms with Crippen LogP contribution in [0.15, 0.2) is 78.9 Å². The van der Waals surface area contributed by atoms with Crippen molar-refractivity contribution in [1.29, 1.82) is 0 Å². The number of hydrogen-bond acceptors (Lipinski definition) is 4. The minimum Gasteiger partial charge on any atom is -0.326 e. The fourth-order valence-electron chi connectivity index (χ4n) is 5.16. The molecule has 2 atom stereocenters. The summed E-state index contributed by atoms with van der Waals surface area (Å²) in [6.45, 7) is 0. The summed E-state index contributed by atoms with van der Waals surface area (Å²) in [6.07, 6.45) is 0. The van der Waals surface area contributed by atoms with Gasteiger partial charge in [0.15, 0.2) is 0 Å². The Balaban J connectivity index is 1.18. The number of alkyl halides is 2.